The molecule has 0 N–H and O–H groups in total. The Morgan fingerprint density at radius 2 is 1.95 bits per heavy atom. The highest BCUT2D eigenvalue weighted by Gasteiger charge is 2.01. The van der Waals surface area contributed by atoms with Crippen LogP contribution in [0.3, 0.4) is 0 Å². The fraction of sp³-hybridized carbons (Fsp3) is 0.263. The molecule has 2 heteroatoms. The first-order valence-corrected chi connectivity index (χ1v) is 7.56. The summed E-state index contributed by atoms with van der Waals surface area (Å²) in [5, 5.41) is 0. The first-order chi connectivity index (χ1) is 10.2. The van der Waals surface area contributed by atoms with Crippen LogP contribution in [0, 0.1) is 25.7 Å². The molecule has 0 spiro atoms. The van der Waals surface area contributed by atoms with E-state index < -0.39 is 0 Å². The van der Waals surface area contributed by atoms with Crippen molar-refractivity contribution in [3.05, 3.63) is 64.7 Å². The molecule has 0 atom stereocenters. The van der Waals surface area contributed by atoms with Crippen LogP contribution in [0.1, 0.15) is 28.7 Å². The van der Waals surface area contributed by atoms with Crippen LogP contribution in [-0.2, 0) is 6.61 Å². The van der Waals surface area contributed by atoms with Crippen LogP contribution >= 0.6 is 11.6 Å². The summed E-state index contributed by atoms with van der Waals surface area (Å²) in [6, 6.07) is 14.3. The number of rotatable bonds is 4. The molecule has 0 radical (unpaired) electrons. The van der Waals surface area contributed by atoms with E-state index in [1.165, 1.54) is 16.7 Å². The van der Waals surface area contributed by atoms with Gasteiger partial charge in [0, 0.05) is 17.9 Å². The van der Waals surface area contributed by atoms with Gasteiger partial charge < -0.3 is 4.74 Å². The zero-order chi connectivity index (χ0) is 15.1. The van der Waals surface area contributed by atoms with Crippen molar-refractivity contribution in [2.75, 3.05) is 5.88 Å². The van der Waals surface area contributed by atoms with E-state index in [0.29, 0.717) is 18.9 Å². The Bertz CT molecular complexity index is 665. The van der Waals surface area contributed by atoms with Gasteiger partial charge in [0.05, 0.1) is 0 Å². The van der Waals surface area contributed by atoms with E-state index in [9.17, 15) is 0 Å². The summed E-state index contributed by atoms with van der Waals surface area (Å²) in [6.45, 7) is 4.77. The normalized spacial score (nSPS) is 9.86. The fourth-order valence-electron chi connectivity index (χ4n) is 1.99. The topological polar surface area (TPSA) is 9.23 Å². The average molecular weight is 299 g/mol. The van der Waals surface area contributed by atoms with Gasteiger partial charge in [-0.3, -0.25) is 0 Å². The van der Waals surface area contributed by atoms with E-state index in [4.69, 9.17) is 16.3 Å². The lowest BCUT2D eigenvalue weighted by Crippen LogP contribution is -1.98. The molecule has 0 aliphatic heterocycles. The quantitative estimate of drug-likeness (QED) is 0.578. The highest BCUT2D eigenvalue weighted by molar-refractivity contribution is 6.18. The zero-order valence-electron chi connectivity index (χ0n) is 12.4. The lowest BCUT2D eigenvalue weighted by molar-refractivity contribution is 0.305. The van der Waals surface area contributed by atoms with Gasteiger partial charge >= 0.3 is 0 Å². The molecule has 0 saturated heterocycles. The Morgan fingerprint density at radius 3 is 2.76 bits per heavy atom. The van der Waals surface area contributed by atoms with Gasteiger partial charge in [-0.15, -0.1) is 11.6 Å². The molecule has 2 aromatic rings. The second-order valence-electron chi connectivity index (χ2n) is 4.99. The predicted octanol–water partition coefficient (Wildman–Crippen LogP) is 4.86. The van der Waals surface area contributed by atoms with Crippen molar-refractivity contribution in [1.82, 2.24) is 0 Å². The van der Waals surface area contributed by atoms with E-state index >= 15 is 0 Å². The molecule has 0 bridgehead atoms. The molecule has 0 saturated carbocycles. The first kappa shape index (κ1) is 15.5. The second-order valence-corrected chi connectivity index (χ2v) is 5.37. The Morgan fingerprint density at radius 1 is 1.10 bits per heavy atom. The molecule has 2 rings (SSSR count). The summed E-state index contributed by atoms with van der Waals surface area (Å²) in [6.07, 6.45) is 0.703. The molecule has 0 fully saturated rings. The van der Waals surface area contributed by atoms with Crippen LogP contribution in [0.5, 0.6) is 5.75 Å². The lowest BCUT2D eigenvalue weighted by atomic mass is 10.1. The Kier molecular flexibility index (Phi) is 5.72. The van der Waals surface area contributed by atoms with Crippen molar-refractivity contribution < 1.29 is 4.74 Å². The van der Waals surface area contributed by atoms with Gasteiger partial charge in [-0.2, -0.15) is 0 Å². The number of halogens is 1. The molecule has 2 aromatic carbocycles. The molecule has 0 heterocycles. The standard InChI is InChI=1S/C19H19ClO/c1-15-9-10-16(2)18(12-15)14-21-19-8-5-7-17(13-19)6-3-4-11-20/h5,7-10,12-13H,4,11,14H2,1-2H3. The maximum absolute atomic E-state index is 5.88. The van der Waals surface area contributed by atoms with Crippen molar-refractivity contribution in [2.24, 2.45) is 0 Å². The molecule has 0 aliphatic carbocycles. The van der Waals surface area contributed by atoms with Crippen LogP contribution in [0.4, 0.5) is 0 Å². The van der Waals surface area contributed by atoms with Gasteiger partial charge in [-0.1, -0.05) is 41.7 Å². The number of ether oxygens (including phenoxy) is 1. The van der Waals surface area contributed by atoms with Gasteiger partial charge in [-0.05, 0) is 43.2 Å². The zero-order valence-corrected chi connectivity index (χ0v) is 13.2. The summed E-state index contributed by atoms with van der Waals surface area (Å²) >= 11 is 5.62. The van der Waals surface area contributed by atoms with Gasteiger partial charge in [0.15, 0.2) is 0 Å². The minimum absolute atomic E-state index is 0.565. The van der Waals surface area contributed by atoms with Crippen molar-refractivity contribution in [2.45, 2.75) is 26.9 Å². The molecule has 0 unspecified atom stereocenters. The van der Waals surface area contributed by atoms with E-state index in [2.05, 4.69) is 43.9 Å². The number of hydrogen-bond donors (Lipinski definition) is 0. The molecule has 21 heavy (non-hydrogen) atoms. The number of alkyl halides is 1. The molecule has 0 aliphatic rings. The smallest absolute Gasteiger partial charge is 0.121 e. The minimum Gasteiger partial charge on any atom is -0.489 e. The Hall–Kier alpha value is -1.91. The lowest BCUT2D eigenvalue weighted by Gasteiger charge is -2.10. The molecule has 1 nitrogen and oxygen atoms in total. The van der Waals surface area contributed by atoms with Crippen LogP contribution in [-0.4, -0.2) is 5.88 Å². The van der Waals surface area contributed by atoms with Crippen molar-refractivity contribution in [3.63, 3.8) is 0 Å². The Balaban J connectivity index is 2.05. The third kappa shape index (κ3) is 4.85. The van der Waals surface area contributed by atoms with E-state index in [-0.39, 0.29) is 0 Å². The van der Waals surface area contributed by atoms with Gasteiger partial charge in [0.25, 0.3) is 0 Å². The molecule has 108 valence electrons. The first-order valence-electron chi connectivity index (χ1n) is 7.03. The van der Waals surface area contributed by atoms with Crippen molar-refractivity contribution >= 4 is 11.6 Å². The highest BCUT2D eigenvalue weighted by Crippen LogP contribution is 2.17. The van der Waals surface area contributed by atoms with Crippen LogP contribution < -0.4 is 4.74 Å². The maximum Gasteiger partial charge on any atom is 0.121 e. The van der Waals surface area contributed by atoms with Gasteiger partial charge in [0.1, 0.15) is 12.4 Å². The van der Waals surface area contributed by atoms with E-state index in [1.807, 2.05) is 24.3 Å². The Labute approximate surface area is 131 Å². The third-order valence-corrected chi connectivity index (χ3v) is 3.37. The van der Waals surface area contributed by atoms with Crippen LogP contribution in [0.15, 0.2) is 42.5 Å². The summed E-state index contributed by atoms with van der Waals surface area (Å²) in [4.78, 5) is 0. The largest absolute Gasteiger partial charge is 0.489 e. The number of aryl methyl sites for hydroxylation is 2. The number of hydrogen-bond acceptors (Lipinski definition) is 1. The van der Waals surface area contributed by atoms with Crippen molar-refractivity contribution in [3.8, 4) is 17.6 Å². The molecule has 0 amide bonds. The summed E-state index contributed by atoms with van der Waals surface area (Å²) in [5.74, 6) is 7.53. The van der Waals surface area contributed by atoms with Gasteiger partial charge in [-0.25, -0.2) is 0 Å². The summed E-state index contributed by atoms with van der Waals surface area (Å²) in [7, 11) is 0. The highest BCUT2D eigenvalue weighted by atomic mass is 35.5. The monoisotopic (exact) mass is 298 g/mol. The minimum atomic E-state index is 0.565. The SMILES string of the molecule is Cc1ccc(C)c(COc2cccc(C#CCCCl)c2)c1. The second kappa shape index (κ2) is 7.76. The molecular formula is C19H19ClO. The van der Waals surface area contributed by atoms with E-state index in [1.54, 1.807) is 0 Å². The number of benzene rings is 2. The van der Waals surface area contributed by atoms with E-state index in [0.717, 1.165) is 11.3 Å². The maximum atomic E-state index is 5.88. The predicted molar refractivity (Wildman–Crippen MR) is 88.9 cm³/mol. The van der Waals surface area contributed by atoms with Crippen LogP contribution in [0.25, 0.3) is 0 Å². The summed E-state index contributed by atoms with van der Waals surface area (Å²) < 4.78 is 5.88. The van der Waals surface area contributed by atoms with Crippen molar-refractivity contribution in [1.29, 1.82) is 0 Å². The fourth-order valence-corrected chi connectivity index (χ4v) is 2.09. The van der Waals surface area contributed by atoms with Gasteiger partial charge in [0.2, 0.25) is 0 Å². The molecule has 0 aromatic heterocycles. The summed E-state index contributed by atoms with van der Waals surface area (Å²) in [5.41, 5.74) is 4.67. The molecular weight excluding hydrogens is 280 g/mol. The third-order valence-electron chi connectivity index (χ3n) is 3.19. The average Bonchev–Trinajstić information content (AvgIpc) is 2.49. The van der Waals surface area contributed by atoms with Crippen LogP contribution in [0.2, 0.25) is 0 Å².